The summed E-state index contributed by atoms with van der Waals surface area (Å²) in [6, 6.07) is 9.91. The fraction of sp³-hybridized carbons (Fsp3) is 0.333. The molecule has 13 heteroatoms. The first-order valence-corrected chi connectivity index (χ1v) is 14.2. The fourth-order valence-corrected chi connectivity index (χ4v) is 4.87. The minimum Gasteiger partial charge on any atom is -0.372 e. The predicted octanol–water partition coefficient (Wildman–Crippen LogP) is 3.62. The fourth-order valence-electron chi connectivity index (χ4n) is 4.87. The molecule has 0 aliphatic carbocycles. The smallest absolute Gasteiger partial charge is 0.252 e. The molecule has 0 spiro atoms. The summed E-state index contributed by atoms with van der Waals surface area (Å²) in [5.74, 6) is 1.82. The number of para-hydroxylation sites is 1. The maximum Gasteiger partial charge on any atom is 0.252 e. The third-order valence-electron chi connectivity index (χ3n) is 6.99. The number of nitrogens with one attached hydrogen (secondary N) is 4. The number of aromatic nitrogens is 7. The van der Waals surface area contributed by atoms with E-state index in [1.807, 2.05) is 37.8 Å². The Morgan fingerprint density at radius 1 is 1.14 bits per heavy atom. The molecule has 43 heavy (non-hydrogen) atoms. The van der Waals surface area contributed by atoms with Gasteiger partial charge in [0.15, 0.2) is 5.82 Å². The number of hydrogen-bond donors (Lipinski definition) is 5. The highest BCUT2D eigenvalue weighted by molar-refractivity contribution is 5.97. The minimum atomic E-state index is -0.133. The van der Waals surface area contributed by atoms with E-state index in [-0.39, 0.29) is 12.0 Å². The van der Waals surface area contributed by atoms with Crippen molar-refractivity contribution in [3.05, 3.63) is 76.1 Å². The van der Waals surface area contributed by atoms with Gasteiger partial charge in [-0.15, -0.1) is 0 Å². The predicted molar refractivity (Wildman–Crippen MR) is 169 cm³/mol. The first-order valence-electron chi connectivity index (χ1n) is 14.2. The summed E-state index contributed by atoms with van der Waals surface area (Å²) in [6.45, 7) is 10.1. The van der Waals surface area contributed by atoms with Crippen LogP contribution in [0.2, 0.25) is 0 Å². The average molecular weight is 586 g/mol. The van der Waals surface area contributed by atoms with Crippen LogP contribution in [0.4, 0.5) is 17.7 Å². The largest absolute Gasteiger partial charge is 0.372 e. The van der Waals surface area contributed by atoms with E-state index in [0.29, 0.717) is 11.9 Å². The molecule has 226 valence electrons. The Morgan fingerprint density at radius 2 is 1.91 bits per heavy atom. The van der Waals surface area contributed by atoms with Gasteiger partial charge in [0.05, 0.1) is 11.2 Å². The number of anilines is 3. The monoisotopic (exact) mass is 585 g/mol. The van der Waals surface area contributed by atoms with E-state index in [1.165, 1.54) is 54.7 Å². The Morgan fingerprint density at radius 3 is 2.58 bits per heavy atom. The van der Waals surface area contributed by atoms with Crippen LogP contribution in [0.15, 0.2) is 53.7 Å². The molecule has 0 atom stereocenters. The topological polar surface area (TPSA) is 176 Å². The normalized spacial score (nSPS) is 12.7. The molecule has 1 aromatic carbocycles. The first kappa shape index (κ1) is 30.9. The van der Waals surface area contributed by atoms with Gasteiger partial charge in [-0.2, -0.15) is 5.10 Å². The number of carbonyl (C=O) groups excluding carboxylic acids is 1. The molecule has 0 bridgehead atoms. The summed E-state index contributed by atoms with van der Waals surface area (Å²) in [4.78, 5) is 40.9. The van der Waals surface area contributed by atoms with Crippen LogP contribution in [-0.2, 0) is 18.4 Å². The molecule has 5 aromatic rings. The van der Waals surface area contributed by atoms with Crippen molar-refractivity contribution in [2.75, 3.05) is 30.3 Å². The number of nitrogens with zero attached hydrogens (tertiary/aromatic N) is 6. The average Bonchev–Trinajstić information content (AvgIpc) is 3.72. The highest BCUT2D eigenvalue weighted by Gasteiger charge is 2.17. The van der Waals surface area contributed by atoms with Crippen LogP contribution in [0.3, 0.4) is 0 Å². The SMILES string of the molecule is CCNc1nccc(=O)[nH]1.Cc1cnc(Nc2cc(C)n(C)n2)nc1-c1c[nH]c2c(CN3CCCC3)cccc12.NC=O. The van der Waals surface area contributed by atoms with E-state index < -0.39 is 0 Å². The Hall–Kier alpha value is -5.04. The zero-order valence-corrected chi connectivity index (χ0v) is 25.0. The molecule has 1 aliphatic rings. The van der Waals surface area contributed by atoms with Crippen LogP contribution < -0.4 is 21.9 Å². The van der Waals surface area contributed by atoms with E-state index in [4.69, 9.17) is 9.78 Å². The zero-order valence-electron chi connectivity index (χ0n) is 25.0. The quantitative estimate of drug-likeness (QED) is 0.179. The molecular formula is C30H39N11O2. The lowest BCUT2D eigenvalue weighted by Gasteiger charge is -2.15. The molecule has 4 aromatic heterocycles. The Balaban J connectivity index is 0.000000273. The first-order chi connectivity index (χ1) is 20.8. The lowest BCUT2D eigenvalue weighted by Crippen LogP contribution is -2.18. The van der Waals surface area contributed by atoms with Gasteiger partial charge in [-0.1, -0.05) is 18.2 Å². The number of aryl methyl sites for hydroxylation is 3. The summed E-state index contributed by atoms with van der Waals surface area (Å²) in [7, 11) is 1.92. The molecule has 1 aliphatic heterocycles. The Kier molecular flexibility index (Phi) is 10.6. The van der Waals surface area contributed by atoms with Crippen LogP contribution in [-0.4, -0.2) is 65.6 Å². The molecule has 1 amide bonds. The van der Waals surface area contributed by atoms with Crippen molar-refractivity contribution < 1.29 is 4.79 Å². The number of benzene rings is 1. The van der Waals surface area contributed by atoms with Crippen LogP contribution in [0.1, 0.15) is 36.6 Å². The summed E-state index contributed by atoms with van der Waals surface area (Å²) >= 11 is 0. The minimum absolute atomic E-state index is 0.133. The molecule has 13 nitrogen and oxygen atoms in total. The third kappa shape index (κ3) is 8.04. The number of likely N-dealkylation sites (tertiary alicyclic amines) is 1. The van der Waals surface area contributed by atoms with E-state index in [0.717, 1.165) is 41.4 Å². The standard InChI is InChI=1S/C23H27N7.C6H9N3O.CH3NO/c1-15-12-25-23(26-20-11-16(2)29(3)28-20)27-21(15)19-13-24-22-17(7-6-8-18(19)22)14-30-9-4-5-10-30;1-2-7-6-8-4-3-5(10)9-6;2-1-3/h6-8,11-13,24H,4-5,9-10,14H2,1-3H3,(H,25,26,27,28);3-4H,2H2,1H3,(H2,7,8,9,10);1H,(H2,2,3). The number of H-pyrrole nitrogens is 2. The third-order valence-corrected chi connectivity index (χ3v) is 6.99. The molecule has 5 heterocycles. The van der Waals surface area contributed by atoms with Gasteiger partial charge in [-0.25, -0.2) is 15.0 Å². The van der Waals surface area contributed by atoms with Crippen molar-refractivity contribution in [1.82, 2.24) is 39.6 Å². The number of nitrogens with two attached hydrogens (primary N) is 1. The lowest BCUT2D eigenvalue weighted by molar-refractivity contribution is -0.106. The molecule has 1 saturated heterocycles. The molecule has 0 saturated carbocycles. The van der Waals surface area contributed by atoms with Crippen LogP contribution in [0, 0.1) is 13.8 Å². The lowest BCUT2D eigenvalue weighted by atomic mass is 10.0. The van der Waals surface area contributed by atoms with Gasteiger partial charge >= 0.3 is 0 Å². The number of fused-ring (bicyclic) bond motifs is 1. The van der Waals surface area contributed by atoms with Gasteiger partial charge in [-0.05, 0) is 57.8 Å². The van der Waals surface area contributed by atoms with Gasteiger partial charge in [0.1, 0.15) is 0 Å². The van der Waals surface area contributed by atoms with Gasteiger partial charge in [-0.3, -0.25) is 24.2 Å². The summed E-state index contributed by atoms with van der Waals surface area (Å²) in [6.07, 6.45) is 8.27. The van der Waals surface area contributed by atoms with E-state index in [2.05, 4.69) is 77.6 Å². The van der Waals surface area contributed by atoms with E-state index >= 15 is 0 Å². The summed E-state index contributed by atoms with van der Waals surface area (Å²) < 4.78 is 1.83. The summed E-state index contributed by atoms with van der Waals surface area (Å²) in [5, 5.41) is 11.8. The van der Waals surface area contributed by atoms with E-state index in [1.54, 1.807) is 0 Å². The maximum atomic E-state index is 10.6. The number of carbonyl (C=O) groups is 1. The Labute approximate surface area is 250 Å². The van der Waals surface area contributed by atoms with Crippen molar-refractivity contribution in [3.8, 4) is 11.3 Å². The number of hydrogen-bond acceptors (Lipinski definition) is 9. The van der Waals surface area contributed by atoms with Crippen LogP contribution in [0.25, 0.3) is 22.2 Å². The molecule has 1 fully saturated rings. The van der Waals surface area contributed by atoms with Crippen molar-refractivity contribution in [2.45, 2.75) is 40.2 Å². The van der Waals surface area contributed by atoms with Gasteiger partial charge in [0, 0.05) is 67.5 Å². The second-order valence-electron chi connectivity index (χ2n) is 10.1. The molecule has 6 N–H and O–H groups in total. The second-order valence-corrected chi connectivity index (χ2v) is 10.1. The maximum absolute atomic E-state index is 10.6. The van der Waals surface area contributed by atoms with Crippen LogP contribution >= 0.6 is 0 Å². The van der Waals surface area contributed by atoms with Gasteiger partial charge in [0.25, 0.3) is 5.56 Å². The second kappa shape index (κ2) is 14.7. The van der Waals surface area contributed by atoms with Crippen LogP contribution in [0.5, 0.6) is 0 Å². The van der Waals surface area contributed by atoms with Crippen molar-refractivity contribution in [3.63, 3.8) is 0 Å². The highest BCUT2D eigenvalue weighted by Crippen LogP contribution is 2.32. The Bertz CT molecular complexity index is 1680. The zero-order chi connectivity index (χ0) is 30.8. The van der Waals surface area contributed by atoms with Crippen molar-refractivity contribution in [2.24, 2.45) is 12.8 Å². The highest BCUT2D eigenvalue weighted by atomic mass is 16.1. The molecule has 0 radical (unpaired) electrons. The molecular weight excluding hydrogens is 546 g/mol. The summed E-state index contributed by atoms with van der Waals surface area (Å²) in [5.41, 5.74) is 10.7. The van der Waals surface area contributed by atoms with Crippen molar-refractivity contribution in [1.29, 1.82) is 0 Å². The number of primary amides is 1. The number of aromatic amines is 2. The molecule has 0 unspecified atom stereocenters. The number of rotatable bonds is 7. The van der Waals surface area contributed by atoms with E-state index in [9.17, 15) is 4.79 Å². The van der Waals surface area contributed by atoms with Crippen molar-refractivity contribution >= 4 is 35.0 Å². The number of amides is 1. The molecule has 6 rings (SSSR count). The van der Waals surface area contributed by atoms with Gasteiger partial charge < -0.3 is 21.4 Å². The van der Waals surface area contributed by atoms with Gasteiger partial charge in [0.2, 0.25) is 18.3 Å².